The predicted octanol–water partition coefficient (Wildman–Crippen LogP) is 2.04. The molecule has 3 rings (SSSR count). The summed E-state index contributed by atoms with van der Waals surface area (Å²) in [7, 11) is 1.68. The molecule has 1 aromatic carbocycles. The van der Waals surface area contributed by atoms with Gasteiger partial charge >= 0.3 is 0 Å². The fourth-order valence-electron chi connectivity index (χ4n) is 2.80. The van der Waals surface area contributed by atoms with Gasteiger partial charge in [-0.2, -0.15) is 0 Å². The standard InChI is InChI=1S/C16H20N2O2/c1-20-15-4-2-3-12(8-15)7-14-10-18-9-13(11-19)5-6-16(18)17-14/h2-4,8,10,13,19H,5-7,9,11H2,1H3. The van der Waals surface area contributed by atoms with E-state index in [1.54, 1.807) is 7.11 Å². The van der Waals surface area contributed by atoms with Gasteiger partial charge in [-0.15, -0.1) is 0 Å². The molecule has 1 unspecified atom stereocenters. The number of imidazole rings is 1. The normalized spacial score (nSPS) is 17.8. The minimum Gasteiger partial charge on any atom is -0.497 e. The SMILES string of the molecule is COc1cccc(Cc2cn3c(n2)CCC(CO)C3)c1. The van der Waals surface area contributed by atoms with Crippen molar-refractivity contribution in [2.24, 2.45) is 5.92 Å². The van der Waals surface area contributed by atoms with Crippen molar-refractivity contribution in [1.29, 1.82) is 0 Å². The molecule has 1 aliphatic heterocycles. The molecule has 1 aromatic heterocycles. The van der Waals surface area contributed by atoms with Crippen LogP contribution in [0, 0.1) is 5.92 Å². The summed E-state index contributed by atoms with van der Waals surface area (Å²) in [4.78, 5) is 4.71. The number of aryl methyl sites for hydroxylation is 1. The molecule has 0 saturated heterocycles. The molecule has 20 heavy (non-hydrogen) atoms. The molecule has 0 aliphatic carbocycles. The highest BCUT2D eigenvalue weighted by atomic mass is 16.5. The summed E-state index contributed by atoms with van der Waals surface area (Å²) < 4.78 is 7.44. The highest BCUT2D eigenvalue weighted by molar-refractivity contribution is 5.31. The molecule has 0 amide bonds. The second-order valence-corrected chi connectivity index (χ2v) is 5.42. The highest BCUT2D eigenvalue weighted by Crippen LogP contribution is 2.21. The van der Waals surface area contributed by atoms with E-state index in [1.807, 2.05) is 12.1 Å². The number of nitrogens with zero attached hydrogens (tertiary/aromatic N) is 2. The smallest absolute Gasteiger partial charge is 0.119 e. The van der Waals surface area contributed by atoms with E-state index in [1.165, 1.54) is 5.56 Å². The molecule has 0 bridgehead atoms. The number of aromatic nitrogens is 2. The Morgan fingerprint density at radius 2 is 2.35 bits per heavy atom. The highest BCUT2D eigenvalue weighted by Gasteiger charge is 2.19. The molecule has 4 heteroatoms. The number of aliphatic hydroxyl groups is 1. The zero-order chi connectivity index (χ0) is 13.9. The number of hydrogen-bond acceptors (Lipinski definition) is 3. The van der Waals surface area contributed by atoms with E-state index < -0.39 is 0 Å². The Morgan fingerprint density at radius 3 is 3.15 bits per heavy atom. The van der Waals surface area contributed by atoms with E-state index >= 15 is 0 Å². The van der Waals surface area contributed by atoms with Crippen LogP contribution in [0.4, 0.5) is 0 Å². The first-order chi connectivity index (χ1) is 9.78. The minimum absolute atomic E-state index is 0.267. The van der Waals surface area contributed by atoms with E-state index in [-0.39, 0.29) is 6.61 Å². The first kappa shape index (κ1) is 13.2. The summed E-state index contributed by atoms with van der Waals surface area (Å²) in [6.45, 7) is 1.15. The summed E-state index contributed by atoms with van der Waals surface area (Å²) in [5, 5.41) is 9.27. The summed E-state index contributed by atoms with van der Waals surface area (Å²) in [5.41, 5.74) is 2.30. The van der Waals surface area contributed by atoms with Crippen molar-refractivity contribution in [3.8, 4) is 5.75 Å². The molecule has 2 aromatic rings. The Morgan fingerprint density at radius 1 is 1.45 bits per heavy atom. The molecule has 2 heterocycles. The number of ether oxygens (including phenoxy) is 1. The van der Waals surface area contributed by atoms with Gasteiger partial charge in [0.25, 0.3) is 0 Å². The first-order valence-electron chi connectivity index (χ1n) is 7.07. The van der Waals surface area contributed by atoms with Crippen LogP contribution in [0.3, 0.4) is 0 Å². The molecular weight excluding hydrogens is 252 g/mol. The van der Waals surface area contributed by atoms with E-state index in [9.17, 15) is 5.11 Å². The van der Waals surface area contributed by atoms with Crippen molar-refractivity contribution < 1.29 is 9.84 Å². The van der Waals surface area contributed by atoms with Crippen molar-refractivity contribution in [1.82, 2.24) is 9.55 Å². The van der Waals surface area contributed by atoms with Gasteiger partial charge in [0.05, 0.1) is 12.8 Å². The number of fused-ring (bicyclic) bond motifs is 1. The molecule has 1 atom stereocenters. The number of rotatable bonds is 4. The quantitative estimate of drug-likeness (QED) is 0.926. The zero-order valence-electron chi connectivity index (χ0n) is 11.7. The van der Waals surface area contributed by atoms with Crippen LogP contribution in [0.5, 0.6) is 5.75 Å². The largest absolute Gasteiger partial charge is 0.497 e. The summed E-state index contributed by atoms with van der Waals surface area (Å²) in [5.74, 6) is 2.40. The molecule has 0 spiro atoms. The van der Waals surface area contributed by atoms with Crippen LogP contribution in [0.15, 0.2) is 30.5 Å². The average molecular weight is 272 g/mol. The summed E-state index contributed by atoms with van der Waals surface area (Å²) >= 11 is 0. The molecule has 1 N–H and O–H groups in total. The Hall–Kier alpha value is -1.81. The maximum atomic E-state index is 9.27. The van der Waals surface area contributed by atoms with Gasteiger partial charge in [0.15, 0.2) is 0 Å². The summed E-state index contributed by atoms with van der Waals surface area (Å²) in [6.07, 6.45) is 4.94. The topological polar surface area (TPSA) is 47.3 Å². The lowest BCUT2D eigenvalue weighted by molar-refractivity contribution is 0.190. The monoisotopic (exact) mass is 272 g/mol. The molecule has 0 radical (unpaired) electrons. The molecule has 0 fully saturated rings. The second-order valence-electron chi connectivity index (χ2n) is 5.42. The zero-order valence-corrected chi connectivity index (χ0v) is 11.7. The van der Waals surface area contributed by atoms with Crippen LogP contribution in [-0.4, -0.2) is 28.4 Å². The van der Waals surface area contributed by atoms with Gasteiger partial charge < -0.3 is 14.4 Å². The van der Waals surface area contributed by atoms with Gasteiger partial charge in [-0.3, -0.25) is 0 Å². The maximum Gasteiger partial charge on any atom is 0.119 e. The minimum atomic E-state index is 0.267. The van der Waals surface area contributed by atoms with Crippen molar-refractivity contribution in [3.63, 3.8) is 0 Å². The number of benzene rings is 1. The van der Waals surface area contributed by atoms with Gasteiger partial charge in [-0.05, 0) is 24.1 Å². The number of methoxy groups -OCH3 is 1. The van der Waals surface area contributed by atoms with Crippen LogP contribution in [0.25, 0.3) is 0 Å². The second kappa shape index (κ2) is 5.67. The number of aliphatic hydroxyl groups excluding tert-OH is 1. The van der Waals surface area contributed by atoms with Crippen molar-refractivity contribution in [2.75, 3.05) is 13.7 Å². The third-order valence-corrected chi connectivity index (χ3v) is 3.92. The van der Waals surface area contributed by atoms with Crippen LogP contribution in [0.1, 0.15) is 23.5 Å². The molecule has 0 saturated carbocycles. The lowest BCUT2D eigenvalue weighted by Gasteiger charge is -2.21. The maximum absolute atomic E-state index is 9.27. The lowest BCUT2D eigenvalue weighted by atomic mass is 10.0. The average Bonchev–Trinajstić information content (AvgIpc) is 2.88. The summed E-state index contributed by atoms with van der Waals surface area (Å²) in [6, 6.07) is 8.10. The van der Waals surface area contributed by atoms with Gasteiger partial charge in [0.2, 0.25) is 0 Å². The van der Waals surface area contributed by atoms with Crippen LogP contribution in [-0.2, 0) is 19.4 Å². The third-order valence-electron chi connectivity index (χ3n) is 3.92. The Bertz CT molecular complexity index is 592. The van der Waals surface area contributed by atoms with Gasteiger partial charge in [-0.1, -0.05) is 12.1 Å². The number of hydrogen-bond donors (Lipinski definition) is 1. The first-order valence-corrected chi connectivity index (χ1v) is 7.07. The van der Waals surface area contributed by atoms with E-state index in [0.717, 1.165) is 43.1 Å². The third kappa shape index (κ3) is 2.70. The molecule has 1 aliphatic rings. The van der Waals surface area contributed by atoms with Gasteiger partial charge in [0, 0.05) is 38.1 Å². The van der Waals surface area contributed by atoms with Crippen molar-refractivity contribution in [2.45, 2.75) is 25.8 Å². The Kier molecular flexibility index (Phi) is 3.74. The predicted molar refractivity (Wildman–Crippen MR) is 76.9 cm³/mol. The van der Waals surface area contributed by atoms with Crippen molar-refractivity contribution >= 4 is 0 Å². The van der Waals surface area contributed by atoms with E-state index in [2.05, 4.69) is 22.9 Å². The van der Waals surface area contributed by atoms with Crippen LogP contribution >= 0.6 is 0 Å². The fourth-order valence-corrected chi connectivity index (χ4v) is 2.80. The fraction of sp³-hybridized carbons (Fsp3) is 0.438. The Labute approximate surface area is 119 Å². The molecule has 4 nitrogen and oxygen atoms in total. The molecule has 106 valence electrons. The van der Waals surface area contributed by atoms with E-state index in [0.29, 0.717) is 5.92 Å². The van der Waals surface area contributed by atoms with Crippen molar-refractivity contribution in [3.05, 3.63) is 47.5 Å². The van der Waals surface area contributed by atoms with Crippen LogP contribution < -0.4 is 4.74 Å². The van der Waals surface area contributed by atoms with Gasteiger partial charge in [0.1, 0.15) is 11.6 Å². The Balaban J connectivity index is 1.77. The lowest BCUT2D eigenvalue weighted by Crippen LogP contribution is -2.22. The van der Waals surface area contributed by atoms with Gasteiger partial charge in [-0.25, -0.2) is 4.98 Å². The molecular formula is C16H20N2O2. The van der Waals surface area contributed by atoms with Crippen LogP contribution in [0.2, 0.25) is 0 Å². The van der Waals surface area contributed by atoms with E-state index in [4.69, 9.17) is 9.72 Å².